The number of carbonyl (C=O) groups excluding carboxylic acids is 1. The lowest BCUT2D eigenvalue weighted by molar-refractivity contribution is -0.120. The molecule has 0 saturated heterocycles. The maximum absolute atomic E-state index is 12.4. The second kappa shape index (κ2) is 8.51. The van der Waals surface area contributed by atoms with Gasteiger partial charge >= 0.3 is 0 Å². The van der Waals surface area contributed by atoms with Crippen LogP contribution in [0, 0.1) is 0 Å². The first kappa shape index (κ1) is 19.5. The van der Waals surface area contributed by atoms with Crippen LogP contribution in [0.2, 0.25) is 0 Å². The number of amides is 1. The summed E-state index contributed by atoms with van der Waals surface area (Å²) in [6.07, 6.45) is 0. The summed E-state index contributed by atoms with van der Waals surface area (Å²) in [6.45, 7) is 2.00. The summed E-state index contributed by atoms with van der Waals surface area (Å²) >= 11 is 1.46. The van der Waals surface area contributed by atoms with Gasteiger partial charge < -0.3 is 5.32 Å². The molecule has 1 amide bonds. The number of sulfonamides is 1. The third kappa shape index (κ3) is 5.07. The van der Waals surface area contributed by atoms with Crippen LogP contribution in [0.4, 0.5) is 0 Å². The molecule has 0 fully saturated rings. The smallest absolute Gasteiger partial charge is 0.242 e. The predicted molar refractivity (Wildman–Crippen MR) is 101 cm³/mol. The molecular formula is C18H22N2O3S2. The fraction of sp³-hybridized carbons (Fsp3) is 0.278. The van der Waals surface area contributed by atoms with Crippen LogP contribution in [-0.2, 0) is 21.4 Å². The number of carbonyl (C=O) groups is 1. The van der Waals surface area contributed by atoms with Crippen molar-refractivity contribution in [2.45, 2.75) is 28.5 Å². The second-order valence-corrected chi connectivity index (χ2v) is 9.22. The number of nitrogens with zero attached hydrogens (tertiary/aromatic N) is 1. The van der Waals surface area contributed by atoms with Gasteiger partial charge in [-0.1, -0.05) is 36.4 Å². The van der Waals surface area contributed by atoms with E-state index in [0.717, 1.165) is 4.90 Å². The Morgan fingerprint density at radius 3 is 2.32 bits per heavy atom. The van der Waals surface area contributed by atoms with Crippen molar-refractivity contribution in [3.63, 3.8) is 0 Å². The molecule has 7 heteroatoms. The van der Waals surface area contributed by atoms with Gasteiger partial charge in [0.25, 0.3) is 0 Å². The topological polar surface area (TPSA) is 66.5 Å². The van der Waals surface area contributed by atoms with Crippen LogP contribution in [0.5, 0.6) is 0 Å². The molecule has 0 aliphatic heterocycles. The lowest BCUT2D eigenvalue weighted by atomic mass is 10.2. The van der Waals surface area contributed by atoms with Crippen molar-refractivity contribution in [1.29, 1.82) is 0 Å². The molecule has 0 aliphatic carbocycles. The van der Waals surface area contributed by atoms with Gasteiger partial charge in [-0.25, -0.2) is 12.7 Å². The minimum absolute atomic E-state index is 0.133. The number of hydrogen-bond acceptors (Lipinski definition) is 4. The number of rotatable bonds is 7. The van der Waals surface area contributed by atoms with E-state index in [2.05, 4.69) is 5.32 Å². The summed E-state index contributed by atoms with van der Waals surface area (Å²) in [5.74, 6) is -0.133. The number of hydrogen-bond donors (Lipinski definition) is 1. The van der Waals surface area contributed by atoms with Crippen molar-refractivity contribution >= 4 is 27.7 Å². The van der Waals surface area contributed by atoms with Gasteiger partial charge in [0, 0.05) is 25.5 Å². The Bertz CT molecular complexity index is 821. The monoisotopic (exact) mass is 378 g/mol. The van der Waals surface area contributed by atoms with Gasteiger partial charge in [0.05, 0.1) is 10.1 Å². The summed E-state index contributed by atoms with van der Waals surface area (Å²) in [7, 11) is -0.569. The molecule has 0 spiro atoms. The average Bonchev–Trinajstić information content (AvgIpc) is 2.60. The van der Waals surface area contributed by atoms with E-state index in [0.29, 0.717) is 5.56 Å². The minimum Gasteiger partial charge on any atom is -0.351 e. The van der Waals surface area contributed by atoms with Crippen LogP contribution in [0.15, 0.2) is 64.4 Å². The molecule has 0 aliphatic rings. The zero-order valence-electron chi connectivity index (χ0n) is 14.5. The van der Waals surface area contributed by atoms with Crippen molar-refractivity contribution in [2.24, 2.45) is 0 Å². The fourth-order valence-electron chi connectivity index (χ4n) is 2.18. The van der Waals surface area contributed by atoms with Crippen LogP contribution in [0.25, 0.3) is 0 Å². The molecule has 25 heavy (non-hydrogen) atoms. The van der Waals surface area contributed by atoms with Crippen molar-refractivity contribution in [3.05, 3.63) is 60.2 Å². The molecule has 5 nitrogen and oxygen atoms in total. The highest BCUT2D eigenvalue weighted by atomic mass is 32.2. The third-order valence-corrected chi connectivity index (χ3v) is 6.64. The highest BCUT2D eigenvalue weighted by molar-refractivity contribution is 8.00. The lowest BCUT2D eigenvalue weighted by Crippen LogP contribution is -2.31. The molecule has 2 aromatic carbocycles. The molecule has 2 rings (SSSR count). The Morgan fingerprint density at radius 1 is 1.08 bits per heavy atom. The Kier molecular flexibility index (Phi) is 6.64. The van der Waals surface area contributed by atoms with Crippen molar-refractivity contribution in [1.82, 2.24) is 9.62 Å². The molecule has 0 aromatic heterocycles. The first-order valence-electron chi connectivity index (χ1n) is 7.82. The minimum atomic E-state index is -3.55. The van der Waals surface area contributed by atoms with E-state index < -0.39 is 10.0 Å². The summed E-state index contributed by atoms with van der Waals surface area (Å²) < 4.78 is 25.9. The van der Waals surface area contributed by atoms with E-state index >= 15 is 0 Å². The van der Waals surface area contributed by atoms with E-state index in [1.165, 1.54) is 30.2 Å². The Labute approximate surface area is 153 Å². The quantitative estimate of drug-likeness (QED) is 0.753. The molecule has 134 valence electrons. The highest BCUT2D eigenvalue weighted by Crippen LogP contribution is 2.23. The van der Waals surface area contributed by atoms with Gasteiger partial charge in [0.2, 0.25) is 15.9 Å². The van der Waals surface area contributed by atoms with Gasteiger partial charge in [-0.2, -0.15) is 0 Å². The highest BCUT2D eigenvalue weighted by Gasteiger charge is 2.21. The zero-order chi connectivity index (χ0) is 18.4. The largest absolute Gasteiger partial charge is 0.351 e. The van der Waals surface area contributed by atoms with E-state index in [1.807, 2.05) is 37.3 Å². The number of nitrogens with one attached hydrogen (secondary N) is 1. The van der Waals surface area contributed by atoms with Crippen LogP contribution >= 0.6 is 11.8 Å². The van der Waals surface area contributed by atoms with E-state index in [4.69, 9.17) is 0 Å². The molecule has 0 bridgehead atoms. The van der Waals surface area contributed by atoms with Gasteiger partial charge in [0.1, 0.15) is 0 Å². The molecule has 0 heterocycles. The molecule has 0 saturated carbocycles. The first-order chi connectivity index (χ1) is 11.8. The predicted octanol–water partition coefficient (Wildman–Crippen LogP) is 2.73. The summed E-state index contributed by atoms with van der Waals surface area (Å²) in [5.41, 5.74) is 0.571. The lowest BCUT2D eigenvalue weighted by Gasteiger charge is -2.16. The van der Waals surface area contributed by atoms with E-state index in [1.54, 1.807) is 24.3 Å². The molecule has 2 aromatic rings. The SMILES string of the molecule is CC(Sc1ccccc1)C(=O)NCc1ccccc1S(=O)(=O)N(C)C. The average molecular weight is 379 g/mol. The molecular weight excluding hydrogens is 356 g/mol. The van der Waals surface area contributed by atoms with Crippen LogP contribution in [-0.4, -0.2) is 38.0 Å². The molecule has 1 atom stereocenters. The zero-order valence-corrected chi connectivity index (χ0v) is 16.1. The van der Waals surface area contributed by atoms with E-state index in [-0.39, 0.29) is 22.6 Å². The van der Waals surface area contributed by atoms with Gasteiger partial charge in [-0.15, -0.1) is 11.8 Å². The van der Waals surface area contributed by atoms with Crippen LogP contribution in [0.1, 0.15) is 12.5 Å². The van der Waals surface area contributed by atoms with Crippen molar-refractivity contribution < 1.29 is 13.2 Å². The Balaban J connectivity index is 2.05. The number of thioether (sulfide) groups is 1. The second-order valence-electron chi connectivity index (χ2n) is 5.69. The summed E-state index contributed by atoms with van der Waals surface area (Å²) in [6, 6.07) is 16.4. The van der Waals surface area contributed by atoms with Crippen LogP contribution in [0.3, 0.4) is 0 Å². The van der Waals surface area contributed by atoms with Gasteiger partial charge in [-0.3, -0.25) is 4.79 Å². The Hall–Kier alpha value is -1.83. The van der Waals surface area contributed by atoms with Crippen molar-refractivity contribution in [2.75, 3.05) is 14.1 Å². The molecule has 1 N–H and O–H groups in total. The summed E-state index contributed by atoms with van der Waals surface area (Å²) in [4.78, 5) is 13.6. The third-order valence-electron chi connectivity index (χ3n) is 3.61. The van der Waals surface area contributed by atoms with Gasteiger partial charge in [0.15, 0.2) is 0 Å². The molecule has 1 unspecified atom stereocenters. The molecule has 0 radical (unpaired) electrons. The summed E-state index contributed by atoms with van der Waals surface area (Å²) in [5, 5.41) is 2.55. The maximum atomic E-state index is 12.4. The van der Waals surface area contributed by atoms with Gasteiger partial charge in [-0.05, 0) is 30.7 Å². The fourth-order valence-corrected chi connectivity index (χ4v) is 4.21. The normalized spacial score (nSPS) is 12.8. The standard InChI is InChI=1S/C18H22N2O3S2/c1-14(24-16-10-5-4-6-11-16)18(21)19-13-15-9-7-8-12-17(15)25(22,23)20(2)3/h4-12,14H,13H2,1-3H3,(H,19,21). The number of benzene rings is 2. The van der Waals surface area contributed by atoms with E-state index in [9.17, 15) is 13.2 Å². The maximum Gasteiger partial charge on any atom is 0.242 e. The van der Waals surface area contributed by atoms with Crippen molar-refractivity contribution in [3.8, 4) is 0 Å². The first-order valence-corrected chi connectivity index (χ1v) is 10.1. The Morgan fingerprint density at radius 2 is 1.68 bits per heavy atom. The van der Waals surface area contributed by atoms with Crippen LogP contribution < -0.4 is 5.32 Å².